The number of carbonyl (C=O) groups excluding carboxylic acids is 3. The van der Waals surface area contributed by atoms with Crippen molar-refractivity contribution in [3.05, 3.63) is 59.7 Å². The Kier molecular flexibility index (Phi) is 7.52. The van der Waals surface area contributed by atoms with Gasteiger partial charge in [-0.05, 0) is 36.1 Å². The Balaban J connectivity index is 1.72. The van der Waals surface area contributed by atoms with Gasteiger partial charge in [-0.2, -0.15) is 0 Å². The van der Waals surface area contributed by atoms with Gasteiger partial charge >= 0.3 is 18.0 Å². The number of rotatable bonds is 9. The first-order chi connectivity index (χ1) is 16.2. The third kappa shape index (κ3) is 5.01. The van der Waals surface area contributed by atoms with Gasteiger partial charge in [0.2, 0.25) is 6.04 Å². The fourth-order valence-electron chi connectivity index (χ4n) is 3.72. The van der Waals surface area contributed by atoms with E-state index < -0.39 is 42.1 Å². The Morgan fingerprint density at radius 2 is 1.56 bits per heavy atom. The molecule has 0 radical (unpaired) electrons. The number of amides is 2. The highest BCUT2D eigenvalue weighted by Gasteiger charge is 2.40. The van der Waals surface area contributed by atoms with Crippen molar-refractivity contribution in [2.24, 2.45) is 0 Å². The molecule has 34 heavy (non-hydrogen) atoms. The van der Waals surface area contributed by atoms with Crippen molar-refractivity contribution >= 4 is 23.9 Å². The molecule has 1 aliphatic carbocycles. The summed E-state index contributed by atoms with van der Waals surface area (Å²) in [6, 6.07) is 13.6. The molecular weight excluding hydrogens is 444 g/mol. The molecule has 0 aliphatic heterocycles. The minimum absolute atomic E-state index is 0.0551. The maximum absolute atomic E-state index is 12.6. The van der Waals surface area contributed by atoms with Crippen LogP contribution in [0.5, 0.6) is 0 Å². The third-order valence-corrected chi connectivity index (χ3v) is 5.58. The van der Waals surface area contributed by atoms with Gasteiger partial charge in [-0.1, -0.05) is 48.5 Å². The number of carboxylic acid groups (broad SMARTS) is 1. The van der Waals surface area contributed by atoms with Crippen LogP contribution in [0.4, 0.5) is 4.79 Å². The summed E-state index contributed by atoms with van der Waals surface area (Å²) in [5.74, 6) is -4.02. The van der Waals surface area contributed by atoms with Crippen LogP contribution in [0.3, 0.4) is 0 Å². The van der Waals surface area contributed by atoms with Crippen molar-refractivity contribution in [2.75, 3.05) is 19.8 Å². The third-order valence-electron chi connectivity index (χ3n) is 5.58. The van der Waals surface area contributed by atoms with Gasteiger partial charge in [0.05, 0.1) is 13.2 Å². The monoisotopic (exact) mass is 470 g/mol. The largest absolute Gasteiger partial charge is 0.479 e. The second-order valence-electron chi connectivity index (χ2n) is 7.94. The Morgan fingerprint density at radius 3 is 2.06 bits per heavy atom. The van der Waals surface area contributed by atoms with Crippen molar-refractivity contribution in [3.63, 3.8) is 0 Å². The van der Waals surface area contributed by atoms with Crippen molar-refractivity contribution in [3.8, 4) is 11.1 Å². The minimum Gasteiger partial charge on any atom is -0.479 e. The first-order valence-corrected chi connectivity index (χ1v) is 10.7. The Labute approximate surface area is 195 Å². The Bertz CT molecular complexity index is 1060. The molecule has 2 atom stereocenters. The first kappa shape index (κ1) is 24.7. The molecule has 2 aromatic carbocycles. The summed E-state index contributed by atoms with van der Waals surface area (Å²) in [4.78, 5) is 48.8. The number of hydrogen-bond acceptors (Lipinski definition) is 7. The highest BCUT2D eigenvalue weighted by atomic mass is 16.6. The fraction of sp³-hybridized carbons (Fsp3) is 0.333. The highest BCUT2D eigenvalue weighted by Crippen LogP contribution is 2.44. The molecule has 0 spiro atoms. The lowest BCUT2D eigenvalue weighted by Gasteiger charge is -2.26. The quantitative estimate of drug-likeness (QED) is 0.317. The second-order valence-corrected chi connectivity index (χ2v) is 7.94. The van der Waals surface area contributed by atoms with Gasteiger partial charge in [-0.15, -0.1) is 0 Å². The van der Waals surface area contributed by atoms with Gasteiger partial charge in [0.25, 0.3) is 5.91 Å². The number of nitrogens with one attached hydrogen (secondary N) is 2. The SMILES string of the molecule is CCOC(=O)C(NC(=O)OCC1c2ccccc2-c2ccccc21)C(=O)NC(C)(CO)C(=O)O. The van der Waals surface area contributed by atoms with Crippen molar-refractivity contribution in [1.82, 2.24) is 10.6 Å². The van der Waals surface area contributed by atoms with E-state index in [0.717, 1.165) is 29.2 Å². The van der Waals surface area contributed by atoms with E-state index in [9.17, 15) is 29.4 Å². The standard InChI is InChI=1S/C24H26N2O8/c1-3-33-21(29)19(20(28)26-24(2,13-27)22(30)31)25-23(32)34-12-18-16-10-6-4-8-14(16)15-9-5-7-11-17(15)18/h4-11,18-19,27H,3,12-13H2,1-2H3,(H,25,32)(H,26,28)(H,30,31). The number of aliphatic carboxylic acids is 1. The van der Waals surface area contributed by atoms with Crippen LogP contribution in [0.1, 0.15) is 30.9 Å². The van der Waals surface area contributed by atoms with E-state index in [1.54, 1.807) is 0 Å². The van der Waals surface area contributed by atoms with Crippen LogP contribution in [0.15, 0.2) is 48.5 Å². The van der Waals surface area contributed by atoms with E-state index in [2.05, 4.69) is 10.6 Å². The average Bonchev–Trinajstić information content (AvgIpc) is 3.14. The number of esters is 1. The summed E-state index contributed by atoms with van der Waals surface area (Å²) in [6.45, 7) is 1.50. The van der Waals surface area contributed by atoms with Gasteiger partial charge in [0.15, 0.2) is 5.54 Å². The predicted molar refractivity (Wildman–Crippen MR) is 120 cm³/mol. The summed E-state index contributed by atoms with van der Waals surface area (Å²) in [5, 5.41) is 22.8. The summed E-state index contributed by atoms with van der Waals surface area (Å²) in [7, 11) is 0. The number of alkyl carbamates (subject to hydrolysis) is 1. The van der Waals surface area contributed by atoms with Gasteiger partial charge < -0.3 is 25.0 Å². The molecule has 2 unspecified atom stereocenters. The topological polar surface area (TPSA) is 151 Å². The van der Waals surface area contributed by atoms with E-state index in [0.29, 0.717) is 0 Å². The van der Waals surface area contributed by atoms with Crippen molar-refractivity contribution in [2.45, 2.75) is 31.3 Å². The van der Waals surface area contributed by atoms with Crippen LogP contribution in [-0.2, 0) is 23.9 Å². The molecule has 0 saturated heterocycles. The molecule has 4 N–H and O–H groups in total. The maximum atomic E-state index is 12.6. The molecule has 0 bridgehead atoms. The number of fused-ring (bicyclic) bond motifs is 3. The second kappa shape index (κ2) is 10.3. The van der Waals surface area contributed by atoms with E-state index in [1.807, 2.05) is 48.5 Å². The van der Waals surface area contributed by atoms with Crippen molar-refractivity contribution < 1.29 is 38.9 Å². The lowest BCUT2D eigenvalue weighted by atomic mass is 9.98. The number of carboxylic acids is 1. The molecule has 10 heteroatoms. The molecular formula is C24H26N2O8. The fourth-order valence-corrected chi connectivity index (χ4v) is 3.72. The van der Waals surface area contributed by atoms with E-state index in [-0.39, 0.29) is 19.1 Å². The molecule has 2 aromatic rings. The Morgan fingerprint density at radius 1 is 1.00 bits per heavy atom. The molecule has 0 saturated carbocycles. The summed E-state index contributed by atoms with van der Waals surface area (Å²) in [6.07, 6.45) is -1.06. The van der Waals surface area contributed by atoms with Crippen LogP contribution in [0.2, 0.25) is 0 Å². The molecule has 180 valence electrons. The smallest absolute Gasteiger partial charge is 0.408 e. The van der Waals surface area contributed by atoms with Gasteiger partial charge in [0.1, 0.15) is 6.61 Å². The van der Waals surface area contributed by atoms with E-state index in [1.165, 1.54) is 6.92 Å². The van der Waals surface area contributed by atoms with Gasteiger partial charge in [-0.3, -0.25) is 10.1 Å². The average molecular weight is 470 g/mol. The number of aliphatic hydroxyl groups is 1. The number of aliphatic hydroxyl groups excluding tert-OH is 1. The minimum atomic E-state index is -2.06. The molecule has 3 rings (SSSR count). The number of carbonyl (C=O) groups is 4. The predicted octanol–water partition coefficient (Wildman–Crippen LogP) is 1.41. The molecule has 0 aromatic heterocycles. The molecule has 10 nitrogen and oxygen atoms in total. The zero-order valence-corrected chi connectivity index (χ0v) is 18.7. The zero-order valence-electron chi connectivity index (χ0n) is 18.7. The zero-order chi connectivity index (χ0) is 24.9. The number of benzene rings is 2. The lowest BCUT2D eigenvalue weighted by molar-refractivity contribution is -0.154. The van der Waals surface area contributed by atoms with E-state index in [4.69, 9.17) is 9.47 Å². The number of ether oxygens (including phenoxy) is 2. The molecule has 0 heterocycles. The number of hydrogen-bond donors (Lipinski definition) is 4. The highest BCUT2D eigenvalue weighted by molar-refractivity contribution is 6.05. The van der Waals surface area contributed by atoms with Crippen LogP contribution in [0.25, 0.3) is 11.1 Å². The van der Waals surface area contributed by atoms with Crippen LogP contribution in [-0.4, -0.2) is 65.6 Å². The van der Waals surface area contributed by atoms with Gasteiger partial charge in [-0.25, -0.2) is 14.4 Å². The van der Waals surface area contributed by atoms with Gasteiger partial charge in [0, 0.05) is 5.92 Å². The summed E-state index contributed by atoms with van der Waals surface area (Å²) < 4.78 is 10.2. The molecule has 1 aliphatic rings. The molecule has 2 amide bonds. The van der Waals surface area contributed by atoms with Crippen molar-refractivity contribution in [1.29, 1.82) is 0 Å². The molecule has 0 fully saturated rings. The lowest BCUT2D eigenvalue weighted by Crippen LogP contribution is -2.61. The van der Waals surface area contributed by atoms with E-state index >= 15 is 0 Å². The normalized spacial score (nSPS) is 14.7. The maximum Gasteiger partial charge on any atom is 0.408 e. The van der Waals surface area contributed by atoms with Crippen LogP contribution >= 0.6 is 0 Å². The van der Waals surface area contributed by atoms with Crippen LogP contribution in [0, 0.1) is 0 Å². The first-order valence-electron chi connectivity index (χ1n) is 10.7. The van der Waals surface area contributed by atoms with Crippen LogP contribution < -0.4 is 10.6 Å². The summed E-state index contributed by atoms with van der Waals surface area (Å²) in [5.41, 5.74) is 1.97. The Hall–Kier alpha value is -3.92. The summed E-state index contributed by atoms with van der Waals surface area (Å²) >= 11 is 0.